The number of benzene rings is 2. The lowest BCUT2D eigenvalue weighted by Crippen LogP contribution is -2.33. The number of hydrogen-bond donors (Lipinski definition) is 2. The molecule has 2 aromatic carbocycles. The van der Waals surface area contributed by atoms with Gasteiger partial charge in [-0.1, -0.05) is 47.0 Å². The molecule has 2 N–H and O–H groups in total. The van der Waals surface area contributed by atoms with Crippen LogP contribution in [0.1, 0.15) is 54.6 Å². The van der Waals surface area contributed by atoms with E-state index in [-0.39, 0.29) is 34.2 Å². The molecule has 156 valence electrons. The van der Waals surface area contributed by atoms with Crippen molar-refractivity contribution >= 4 is 31.9 Å². The number of methoxy groups -OCH3 is 1. The molecule has 0 spiro atoms. The summed E-state index contributed by atoms with van der Waals surface area (Å²) >= 11 is 3.49. The molecular formula is C21H25BrN2O4S. The van der Waals surface area contributed by atoms with Crippen molar-refractivity contribution in [3.05, 3.63) is 58.1 Å². The molecule has 1 aliphatic carbocycles. The predicted octanol–water partition coefficient (Wildman–Crippen LogP) is 4.17. The average Bonchev–Trinajstić information content (AvgIpc) is 3.20. The van der Waals surface area contributed by atoms with Crippen LogP contribution >= 0.6 is 15.9 Å². The highest BCUT2D eigenvalue weighted by Gasteiger charge is 2.27. The Labute approximate surface area is 180 Å². The molecule has 1 atom stereocenters. The zero-order valence-electron chi connectivity index (χ0n) is 16.4. The molecule has 0 saturated heterocycles. The van der Waals surface area contributed by atoms with Crippen LogP contribution in [-0.2, 0) is 10.0 Å². The highest BCUT2D eigenvalue weighted by Crippen LogP contribution is 2.28. The molecule has 1 aliphatic rings. The van der Waals surface area contributed by atoms with Gasteiger partial charge in [-0.15, -0.1) is 0 Å². The van der Waals surface area contributed by atoms with Crippen molar-refractivity contribution in [2.45, 2.75) is 49.6 Å². The van der Waals surface area contributed by atoms with E-state index in [0.29, 0.717) is 0 Å². The number of halogens is 1. The number of carbonyl (C=O) groups excluding carboxylic acids is 1. The van der Waals surface area contributed by atoms with Crippen LogP contribution in [0, 0.1) is 0 Å². The van der Waals surface area contributed by atoms with Crippen LogP contribution in [0.3, 0.4) is 0 Å². The summed E-state index contributed by atoms with van der Waals surface area (Å²) in [5.41, 5.74) is 1.20. The summed E-state index contributed by atoms with van der Waals surface area (Å²) in [5, 5.41) is 2.92. The number of sulfonamides is 1. The summed E-state index contributed by atoms with van der Waals surface area (Å²) < 4.78 is 34.7. The summed E-state index contributed by atoms with van der Waals surface area (Å²) in [7, 11) is -2.38. The second-order valence-electron chi connectivity index (χ2n) is 7.18. The van der Waals surface area contributed by atoms with Crippen molar-refractivity contribution in [1.29, 1.82) is 0 Å². The van der Waals surface area contributed by atoms with Gasteiger partial charge in [0.2, 0.25) is 10.0 Å². The van der Waals surface area contributed by atoms with Crippen LogP contribution < -0.4 is 14.8 Å². The molecule has 2 aromatic rings. The van der Waals surface area contributed by atoms with Crippen molar-refractivity contribution in [2.75, 3.05) is 7.11 Å². The van der Waals surface area contributed by atoms with Gasteiger partial charge in [-0.25, -0.2) is 13.1 Å². The molecule has 1 fully saturated rings. The largest absolute Gasteiger partial charge is 0.495 e. The molecule has 0 radical (unpaired) electrons. The van der Waals surface area contributed by atoms with E-state index in [2.05, 4.69) is 26.0 Å². The zero-order valence-corrected chi connectivity index (χ0v) is 18.8. The molecule has 29 heavy (non-hydrogen) atoms. The fourth-order valence-corrected chi connectivity index (χ4v) is 5.67. The Kier molecular flexibility index (Phi) is 6.97. The number of carbonyl (C=O) groups is 1. The molecule has 0 bridgehead atoms. The van der Waals surface area contributed by atoms with Crippen LogP contribution in [0.15, 0.2) is 51.8 Å². The van der Waals surface area contributed by atoms with Crippen molar-refractivity contribution in [3.8, 4) is 5.75 Å². The maximum absolute atomic E-state index is 12.9. The molecule has 1 unspecified atom stereocenters. The van der Waals surface area contributed by atoms with Crippen LogP contribution in [0.4, 0.5) is 0 Å². The lowest BCUT2D eigenvalue weighted by atomic mass is 10.1. The molecular weight excluding hydrogens is 456 g/mol. The lowest BCUT2D eigenvalue weighted by molar-refractivity contribution is 0.0939. The van der Waals surface area contributed by atoms with Gasteiger partial charge in [0.1, 0.15) is 10.6 Å². The van der Waals surface area contributed by atoms with E-state index >= 15 is 0 Å². The van der Waals surface area contributed by atoms with E-state index < -0.39 is 10.0 Å². The zero-order chi connectivity index (χ0) is 21.0. The molecule has 0 aromatic heterocycles. The Bertz CT molecular complexity index is 988. The van der Waals surface area contributed by atoms with E-state index in [4.69, 9.17) is 4.74 Å². The first-order valence-corrected chi connectivity index (χ1v) is 11.8. The van der Waals surface area contributed by atoms with Gasteiger partial charge in [0, 0.05) is 16.1 Å². The Morgan fingerprint density at radius 2 is 1.86 bits per heavy atom. The molecule has 3 rings (SSSR count). The second-order valence-corrected chi connectivity index (χ2v) is 9.72. The topological polar surface area (TPSA) is 84.5 Å². The van der Waals surface area contributed by atoms with E-state index in [9.17, 15) is 13.2 Å². The maximum atomic E-state index is 12.9. The van der Waals surface area contributed by atoms with Crippen molar-refractivity contribution in [3.63, 3.8) is 0 Å². The summed E-state index contributed by atoms with van der Waals surface area (Å²) in [6.45, 7) is 1.88. The predicted molar refractivity (Wildman–Crippen MR) is 116 cm³/mol. The van der Waals surface area contributed by atoms with Gasteiger partial charge >= 0.3 is 0 Å². The van der Waals surface area contributed by atoms with Gasteiger partial charge in [-0.3, -0.25) is 4.79 Å². The minimum absolute atomic E-state index is 0.0203. The van der Waals surface area contributed by atoms with E-state index in [0.717, 1.165) is 35.7 Å². The third-order valence-corrected chi connectivity index (χ3v) is 7.38. The maximum Gasteiger partial charge on any atom is 0.251 e. The third-order valence-electron chi connectivity index (χ3n) is 5.11. The minimum Gasteiger partial charge on any atom is -0.495 e. The quantitative estimate of drug-likeness (QED) is 0.622. The third kappa shape index (κ3) is 5.18. The van der Waals surface area contributed by atoms with Crippen molar-refractivity contribution in [1.82, 2.24) is 10.0 Å². The Morgan fingerprint density at radius 1 is 1.17 bits per heavy atom. The number of ether oxygens (including phenoxy) is 1. The van der Waals surface area contributed by atoms with Gasteiger partial charge < -0.3 is 10.1 Å². The van der Waals surface area contributed by atoms with Crippen LogP contribution in [0.2, 0.25) is 0 Å². The highest BCUT2D eigenvalue weighted by atomic mass is 79.9. The van der Waals surface area contributed by atoms with Crippen LogP contribution in [0.5, 0.6) is 5.75 Å². The number of rotatable bonds is 7. The fraction of sp³-hybridized carbons (Fsp3) is 0.381. The van der Waals surface area contributed by atoms with Gasteiger partial charge in [0.25, 0.3) is 5.91 Å². The summed E-state index contributed by atoms with van der Waals surface area (Å²) in [4.78, 5) is 12.8. The first kappa shape index (κ1) is 21.8. The molecule has 1 saturated carbocycles. The minimum atomic E-state index is -3.79. The van der Waals surface area contributed by atoms with E-state index in [1.165, 1.54) is 19.2 Å². The van der Waals surface area contributed by atoms with Gasteiger partial charge in [-0.2, -0.15) is 0 Å². The number of nitrogens with one attached hydrogen (secondary N) is 2. The Balaban J connectivity index is 1.83. The number of hydrogen-bond acceptors (Lipinski definition) is 4. The molecule has 6 nitrogen and oxygen atoms in total. The highest BCUT2D eigenvalue weighted by molar-refractivity contribution is 9.10. The van der Waals surface area contributed by atoms with Crippen molar-refractivity contribution in [2.24, 2.45) is 0 Å². The Hall–Kier alpha value is -1.90. The van der Waals surface area contributed by atoms with E-state index in [1.54, 1.807) is 6.07 Å². The smallest absolute Gasteiger partial charge is 0.251 e. The molecule has 8 heteroatoms. The monoisotopic (exact) mass is 480 g/mol. The van der Waals surface area contributed by atoms with Gasteiger partial charge in [0.05, 0.1) is 13.2 Å². The van der Waals surface area contributed by atoms with Crippen molar-refractivity contribution < 1.29 is 17.9 Å². The van der Waals surface area contributed by atoms with Crippen LogP contribution in [0.25, 0.3) is 0 Å². The Morgan fingerprint density at radius 3 is 2.52 bits per heavy atom. The lowest BCUT2D eigenvalue weighted by Gasteiger charge is -2.18. The van der Waals surface area contributed by atoms with Gasteiger partial charge in [-0.05, 0) is 49.6 Å². The average molecular weight is 481 g/mol. The molecule has 0 aliphatic heterocycles. The standard InChI is InChI=1S/C21H25BrN2O4S/c1-14(17-9-5-6-10-18(17)22)23-21(25)15-11-12-19(28-2)20(13-15)29(26,27)24-16-7-3-4-8-16/h5-6,9-14,16,24H,3-4,7-8H2,1-2H3,(H,23,25). The molecule has 1 amide bonds. The first-order valence-electron chi connectivity index (χ1n) is 9.57. The SMILES string of the molecule is COc1ccc(C(=O)NC(C)c2ccccc2Br)cc1S(=O)(=O)NC1CCCC1. The summed E-state index contributed by atoms with van der Waals surface area (Å²) in [5.74, 6) is -0.140. The fourth-order valence-electron chi connectivity index (χ4n) is 3.54. The second kappa shape index (κ2) is 9.28. The summed E-state index contributed by atoms with van der Waals surface area (Å²) in [6, 6.07) is 11.8. The number of amides is 1. The summed E-state index contributed by atoms with van der Waals surface area (Å²) in [6.07, 6.45) is 3.68. The van der Waals surface area contributed by atoms with Crippen LogP contribution in [-0.4, -0.2) is 27.5 Å². The van der Waals surface area contributed by atoms with Gasteiger partial charge in [0.15, 0.2) is 0 Å². The van der Waals surface area contributed by atoms with E-state index in [1.807, 2.05) is 31.2 Å². The normalized spacial score (nSPS) is 15.8. The first-order chi connectivity index (χ1) is 13.8. The molecule has 0 heterocycles.